The van der Waals surface area contributed by atoms with Crippen molar-refractivity contribution in [2.75, 3.05) is 6.26 Å². The van der Waals surface area contributed by atoms with Crippen molar-refractivity contribution in [2.45, 2.75) is 6.18 Å². The van der Waals surface area contributed by atoms with Gasteiger partial charge in [-0.25, -0.2) is 0 Å². The summed E-state index contributed by atoms with van der Waals surface area (Å²) in [6, 6.07) is 3.37. The van der Waals surface area contributed by atoms with Crippen molar-refractivity contribution in [3.63, 3.8) is 0 Å². The standard InChI is InChI=1S/C9H7F3N2O3S/c1-18(15,16)17-5-2-3-6-7(4-5)13-14-8(6)9(10,11)12/h2-4H,1H3,(H,13,14). The largest absolute Gasteiger partial charge is 0.435 e. The monoisotopic (exact) mass is 280 g/mol. The fraction of sp³-hybridized carbons (Fsp3) is 0.222. The highest BCUT2D eigenvalue weighted by molar-refractivity contribution is 7.86. The molecule has 0 fully saturated rings. The van der Waals surface area contributed by atoms with Gasteiger partial charge in [-0.1, -0.05) is 0 Å². The number of rotatable bonds is 2. The van der Waals surface area contributed by atoms with Crippen LogP contribution in [0.15, 0.2) is 18.2 Å². The van der Waals surface area contributed by atoms with E-state index >= 15 is 0 Å². The molecule has 0 bridgehead atoms. The van der Waals surface area contributed by atoms with Gasteiger partial charge in [0.2, 0.25) is 0 Å². The first-order valence-electron chi connectivity index (χ1n) is 4.61. The molecule has 0 aliphatic carbocycles. The maximum atomic E-state index is 12.5. The molecule has 5 nitrogen and oxygen atoms in total. The van der Waals surface area contributed by atoms with Gasteiger partial charge in [0.1, 0.15) is 5.75 Å². The smallest absolute Gasteiger partial charge is 0.383 e. The molecule has 98 valence electrons. The van der Waals surface area contributed by atoms with Crippen LogP contribution in [0.25, 0.3) is 10.9 Å². The van der Waals surface area contributed by atoms with E-state index in [0.29, 0.717) is 0 Å². The molecule has 9 heteroatoms. The van der Waals surface area contributed by atoms with Crippen LogP contribution in [0.3, 0.4) is 0 Å². The minimum atomic E-state index is -4.57. The summed E-state index contributed by atoms with van der Waals surface area (Å²) < 4.78 is 63.8. The number of alkyl halides is 3. The molecular weight excluding hydrogens is 273 g/mol. The Balaban J connectivity index is 2.50. The lowest BCUT2D eigenvalue weighted by molar-refractivity contribution is -0.139. The van der Waals surface area contributed by atoms with Crippen LogP contribution < -0.4 is 4.18 Å². The average molecular weight is 280 g/mol. The molecule has 0 saturated carbocycles. The van der Waals surface area contributed by atoms with E-state index in [9.17, 15) is 21.6 Å². The van der Waals surface area contributed by atoms with E-state index in [1.54, 1.807) is 0 Å². The molecule has 0 atom stereocenters. The zero-order chi connectivity index (χ0) is 13.6. The molecule has 2 rings (SSSR count). The molecule has 1 heterocycles. The van der Waals surface area contributed by atoms with Gasteiger partial charge in [0, 0.05) is 11.5 Å². The Bertz CT molecular complexity index is 691. The predicted molar refractivity (Wildman–Crippen MR) is 56.6 cm³/mol. The van der Waals surface area contributed by atoms with Crippen molar-refractivity contribution in [1.82, 2.24) is 10.2 Å². The van der Waals surface area contributed by atoms with Gasteiger partial charge >= 0.3 is 16.3 Å². The normalized spacial score (nSPS) is 12.9. The average Bonchev–Trinajstić information content (AvgIpc) is 2.56. The van der Waals surface area contributed by atoms with Crippen LogP contribution in [-0.2, 0) is 16.3 Å². The molecule has 0 aliphatic heterocycles. The first-order valence-corrected chi connectivity index (χ1v) is 6.43. The minimum Gasteiger partial charge on any atom is -0.383 e. The number of nitrogens with one attached hydrogen (secondary N) is 1. The van der Waals surface area contributed by atoms with Gasteiger partial charge in [-0.3, -0.25) is 5.10 Å². The maximum Gasteiger partial charge on any atom is 0.435 e. The summed E-state index contributed by atoms with van der Waals surface area (Å²) in [4.78, 5) is 0. The van der Waals surface area contributed by atoms with Crippen molar-refractivity contribution in [2.24, 2.45) is 0 Å². The molecule has 0 amide bonds. The Labute approximate surface area is 99.7 Å². The number of fused-ring (bicyclic) bond motifs is 1. The molecule has 2 aromatic rings. The highest BCUT2D eigenvalue weighted by atomic mass is 32.2. The second-order valence-corrected chi connectivity index (χ2v) is 5.14. The lowest BCUT2D eigenvalue weighted by atomic mass is 10.2. The van der Waals surface area contributed by atoms with E-state index in [1.165, 1.54) is 0 Å². The van der Waals surface area contributed by atoms with Crippen LogP contribution >= 0.6 is 0 Å². The summed E-state index contributed by atoms with van der Waals surface area (Å²) in [5.74, 6) is -0.0811. The highest BCUT2D eigenvalue weighted by Gasteiger charge is 2.35. The van der Waals surface area contributed by atoms with E-state index in [-0.39, 0.29) is 16.7 Å². The Morgan fingerprint density at radius 3 is 2.56 bits per heavy atom. The first-order chi connectivity index (χ1) is 8.17. The van der Waals surface area contributed by atoms with Crippen molar-refractivity contribution in [1.29, 1.82) is 0 Å². The van der Waals surface area contributed by atoms with E-state index < -0.39 is 22.0 Å². The summed E-state index contributed by atoms with van der Waals surface area (Å²) in [6.07, 6.45) is -3.73. The Hall–Kier alpha value is -1.77. The summed E-state index contributed by atoms with van der Waals surface area (Å²) >= 11 is 0. The number of benzene rings is 1. The third kappa shape index (κ3) is 2.55. The highest BCUT2D eigenvalue weighted by Crippen LogP contribution is 2.34. The van der Waals surface area contributed by atoms with Crippen molar-refractivity contribution in [3.8, 4) is 5.75 Å². The third-order valence-corrected chi connectivity index (χ3v) is 2.55. The zero-order valence-electron chi connectivity index (χ0n) is 8.95. The molecule has 1 N–H and O–H groups in total. The van der Waals surface area contributed by atoms with E-state index in [2.05, 4.69) is 14.4 Å². The van der Waals surface area contributed by atoms with Crippen LogP contribution in [0.5, 0.6) is 5.75 Å². The van der Waals surface area contributed by atoms with Gasteiger partial charge in [0.25, 0.3) is 0 Å². The summed E-state index contributed by atoms with van der Waals surface area (Å²) in [5, 5.41) is 5.18. The van der Waals surface area contributed by atoms with Crippen molar-refractivity contribution in [3.05, 3.63) is 23.9 Å². The first kappa shape index (κ1) is 12.7. The maximum absolute atomic E-state index is 12.5. The molecule has 1 aromatic heterocycles. The van der Waals surface area contributed by atoms with Crippen molar-refractivity contribution >= 4 is 21.0 Å². The number of H-pyrrole nitrogens is 1. The molecule has 0 radical (unpaired) electrons. The van der Waals surface area contributed by atoms with E-state index in [1.807, 2.05) is 0 Å². The number of halogens is 3. The van der Waals surface area contributed by atoms with Gasteiger partial charge in [0.15, 0.2) is 5.69 Å². The Morgan fingerprint density at radius 1 is 1.33 bits per heavy atom. The number of nitrogens with zero attached hydrogens (tertiary/aromatic N) is 1. The lowest BCUT2D eigenvalue weighted by Crippen LogP contribution is -2.06. The molecule has 0 saturated heterocycles. The van der Waals surface area contributed by atoms with E-state index in [0.717, 1.165) is 24.5 Å². The number of aromatic amines is 1. The topological polar surface area (TPSA) is 72.1 Å². The summed E-state index contributed by atoms with van der Waals surface area (Å²) in [7, 11) is -3.72. The van der Waals surface area contributed by atoms with Gasteiger partial charge in [0.05, 0.1) is 11.8 Å². The molecule has 0 aliphatic rings. The fourth-order valence-corrected chi connectivity index (χ4v) is 1.89. The molecule has 1 aromatic carbocycles. The predicted octanol–water partition coefficient (Wildman–Crippen LogP) is 1.92. The van der Waals surface area contributed by atoms with Crippen LogP contribution in [0.1, 0.15) is 5.69 Å². The quantitative estimate of drug-likeness (QED) is 0.853. The van der Waals surface area contributed by atoms with Gasteiger partial charge < -0.3 is 4.18 Å². The molecule has 18 heavy (non-hydrogen) atoms. The summed E-state index contributed by atoms with van der Waals surface area (Å²) in [5.41, 5.74) is -1.01. The van der Waals surface area contributed by atoms with Crippen LogP contribution in [0.4, 0.5) is 13.2 Å². The van der Waals surface area contributed by atoms with Gasteiger partial charge in [-0.15, -0.1) is 0 Å². The Kier molecular flexibility index (Phi) is 2.73. The van der Waals surface area contributed by atoms with Crippen LogP contribution in [0.2, 0.25) is 0 Å². The second kappa shape index (κ2) is 3.87. The molecule has 0 unspecified atom stereocenters. The fourth-order valence-electron chi connectivity index (χ4n) is 1.44. The van der Waals surface area contributed by atoms with Crippen LogP contribution in [-0.4, -0.2) is 24.9 Å². The number of aromatic nitrogens is 2. The van der Waals surface area contributed by atoms with Gasteiger partial charge in [-0.2, -0.15) is 26.7 Å². The van der Waals surface area contributed by atoms with Gasteiger partial charge in [-0.05, 0) is 12.1 Å². The number of hydrogen-bond donors (Lipinski definition) is 1. The minimum absolute atomic E-state index is 0.0449. The summed E-state index contributed by atoms with van der Waals surface area (Å²) in [6.45, 7) is 0. The molecule has 0 spiro atoms. The van der Waals surface area contributed by atoms with Crippen molar-refractivity contribution < 1.29 is 25.8 Å². The number of hydrogen-bond acceptors (Lipinski definition) is 4. The Morgan fingerprint density at radius 2 is 2.00 bits per heavy atom. The second-order valence-electron chi connectivity index (χ2n) is 3.56. The lowest BCUT2D eigenvalue weighted by Gasteiger charge is -2.04. The third-order valence-electron chi connectivity index (χ3n) is 2.05. The van der Waals surface area contributed by atoms with E-state index in [4.69, 9.17) is 0 Å². The SMILES string of the molecule is CS(=O)(=O)Oc1ccc2c(C(F)(F)F)n[nH]c2c1. The zero-order valence-corrected chi connectivity index (χ0v) is 9.76. The molecular formula is C9H7F3N2O3S. The van der Waals surface area contributed by atoms with Crippen LogP contribution in [0, 0.1) is 0 Å².